The van der Waals surface area contributed by atoms with Gasteiger partial charge in [0.2, 0.25) is 0 Å². The maximum atomic E-state index is 12.3. The van der Waals surface area contributed by atoms with Crippen LogP contribution in [-0.4, -0.2) is 36.2 Å². The van der Waals surface area contributed by atoms with E-state index in [1.54, 1.807) is 0 Å². The average molecular weight is 266 g/mol. The molecule has 98 valence electrons. The number of ketones is 1. The number of nitrogens with zero attached hydrogens (tertiary/aromatic N) is 1. The van der Waals surface area contributed by atoms with E-state index in [0.717, 1.165) is 38.0 Å². The third-order valence-corrected chi connectivity index (χ3v) is 3.86. The lowest BCUT2D eigenvalue weighted by Gasteiger charge is -2.30. The second-order valence-corrected chi connectivity index (χ2v) is 5.41. The molecule has 2 rings (SSSR count). The van der Waals surface area contributed by atoms with Gasteiger partial charge in [0.25, 0.3) is 0 Å². The summed E-state index contributed by atoms with van der Waals surface area (Å²) in [6, 6.07) is 7.91. The van der Waals surface area contributed by atoms with Crippen molar-refractivity contribution in [2.24, 2.45) is 5.92 Å². The molecule has 0 unspecified atom stereocenters. The molecule has 0 amide bonds. The molecule has 3 heteroatoms. The van der Waals surface area contributed by atoms with Gasteiger partial charge in [-0.2, -0.15) is 0 Å². The number of aryl methyl sites for hydroxylation is 1. The van der Waals surface area contributed by atoms with Gasteiger partial charge in [0.05, 0.1) is 0 Å². The standard InChI is InChI=1S/C15H20ClNO/c1-12-2-4-13(5-3-12)15(18)14-6-9-17(10-7-14)11-8-16/h2-5,14H,6-11H2,1H3. The number of rotatable bonds is 4. The van der Waals surface area contributed by atoms with Crippen LogP contribution in [0.2, 0.25) is 0 Å². The van der Waals surface area contributed by atoms with Crippen LogP contribution in [-0.2, 0) is 0 Å². The highest BCUT2D eigenvalue weighted by Crippen LogP contribution is 2.21. The minimum absolute atomic E-state index is 0.194. The van der Waals surface area contributed by atoms with Crippen molar-refractivity contribution in [2.45, 2.75) is 19.8 Å². The van der Waals surface area contributed by atoms with E-state index in [1.165, 1.54) is 5.56 Å². The molecule has 0 aliphatic carbocycles. The van der Waals surface area contributed by atoms with Crippen LogP contribution in [0.4, 0.5) is 0 Å². The highest BCUT2D eigenvalue weighted by molar-refractivity contribution is 6.18. The topological polar surface area (TPSA) is 20.3 Å². The fourth-order valence-corrected chi connectivity index (χ4v) is 2.73. The van der Waals surface area contributed by atoms with Crippen LogP contribution in [0.3, 0.4) is 0 Å². The molecular weight excluding hydrogens is 246 g/mol. The van der Waals surface area contributed by atoms with Gasteiger partial charge >= 0.3 is 0 Å². The zero-order chi connectivity index (χ0) is 13.0. The van der Waals surface area contributed by atoms with Crippen LogP contribution < -0.4 is 0 Å². The Bertz CT molecular complexity index is 393. The normalized spacial score (nSPS) is 17.9. The molecule has 1 aromatic rings. The smallest absolute Gasteiger partial charge is 0.166 e. The van der Waals surface area contributed by atoms with Crippen molar-refractivity contribution in [3.05, 3.63) is 35.4 Å². The van der Waals surface area contributed by atoms with Gasteiger partial charge in [0, 0.05) is 23.9 Å². The summed E-state index contributed by atoms with van der Waals surface area (Å²) in [5, 5.41) is 0. The first-order valence-electron chi connectivity index (χ1n) is 6.60. The number of piperidine rings is 1. The van der Waals surface area contributed by atoms with E-state index in [9.17, 15) is 4.79 Å². The van der Waals surface area contributed by atoms with Crippen molar-refractivity contribution in [3.8, 4) is 0 Å². The number of hydrogen-bond donors (Lipinski definition) is 0. The number of hydrogen-bond acceptors (Lipinski definition) is 2. The minimum Gasteiger partial charge on any atom is -0.302 e. The van der Waals surface area contributed by atoms with Crippen molar-refractivity contribution in [1.29, 1.82) is 0 Å². The zero-order valence-electron chi connectivity index (χ0n) is 10.9. The van der Waals surface area contributed by atoms with Crippen molar-refractivity contribution in [3.63, 3.8) is 0 Å². The highest BCUT2D eigenvalue weighted by Gasteiger charge is 2.25. The van der Waals surface area contributed by atoms with Gasteiger partial charge in [0.1, 0.15) is 0 Å². The van der Waals surface area contributed by atoms with E-state index in [2.05, 4.69) is 4.90 Å². The van der Waals surface area contributed by atoms with Gasteiger partial charge < -0.3 is 4.90 Å². The van der Waals surface area contributed by atoms with E-state index >= 15 is 0 Å². The summed E-state index contributed by atoms with van der Waals surface area (Å²) >= 11 is 5.74. The van der Waals surface area contributed by atoms with Crippen molar-refractivity contribution in [1.82, 2.24) is 4.90 Å². The number of benzene rings is 1. The molecule has 2 nitrogen and oxygen atoms in total. The Labute approximate surface area is 114 Å². The summed E-state index contributed by atoms with van der Waals surface area (Å²) < 4.78 is 0. The first kappa shape index (κ1) is 13.6. The lowest BCUT2D eigenvalue weighted by molar-refractivity contribution is 0.0845. The van der Waals surface area contributed by atoms with Gasteiger partial charge in [-0.3, -0.25) is 4.79 Å². The number of likely N-dealkylation sites (tertiary alicyclic amines) is 1. The quantitative estimate of drug-likeness (QED) is 0.616. The molecule has 0 spiro atoms. The highest BCUT2D eigenvalue weighted by atomic mass is 35.5. The fraction of sp³-hybridized carbons (Fsp3) is 0.533. The number of alkyl halides is 1. The van der Waals surface area contributed by atoms with Crippen molar-refractivity contribution < 1.29 is 4.79 Å². The minimum atomic E-state index is 0.194. The number of carbonyl (C=O) groups excluding carboxylic acids is 1. The van der Waals surface area contributed by atoms with Gasteiger partial charge in [-0.25, -0.2) is 0 Å². The lowest BCUT2D eigenvalue weighted by Crippen LogP contribution is -2.37. The van der Waals surface area contributed by atoms with Crippen LogP contribution in [0.15, 0.2) is 24.3 Å². The van der Waals surface area contributed by atoms with E-state index in [1.807, 2.05) is 31.2 Å². The first-order valence-corrected chi connectivity index (χ1v) is 7.13. The molecule has 0 atom stereocenters. The van der Waals surface area contributed by atoms with Gasteiger partial charge in [-0.1, -0.05) is 29.8 Å². The Kier molecular flexibility index (Phi) is 4.79. The molecule has 1 aliphatic heterocycles. The average Bonchev–Trinajstić information content (AvgIpc) is 2.40. The second-order valence-electron chi connectivity index (χ2n) is 5.04. The molecule has 0 aromatic heterocycles. The lowest BCUT2D eigenvalue weighted by atomic mass is 9.88. The van der Waals surface area contributed by atoms with Gasteiger partial charge in [0.15, 0.2) is 5.78 Å². The van der Waals surface area contributed by atoms with Crippen LogP contribution in [0.1, 0.15) is 28.8 Å². The molecule has 0 radical (unpaired) electrons. The zero-order valence-corrected chi connectivity index (χ0v) is 11.6. The molecule has 1 heterocycles. The van der Waals surface area contributed by atoms with Crippen LogP contribution in [0, 0.1) is 12.8 Å². The Hall–Kier alpha value is -0.860. The van der Waals surface area contributed by atoms with E-state index in [4.69, 9.17) is 11.6 Å². The molecule has 1 aromatic carbocycles. The second kappa shape index (κ2) is 6.35. The molecular formula is C15H20ClNO. The third-order valence-electron chi connectivity index (χ3n) is 3.70. The summed E-state index contributed by atoms with van der Waals surface area (Å²) in [6.07, 6.45) is 1.92. The van der Waals surface area contributed by atoms with Crippen LogP contribution in [0.25, 0.3) is 0 Å². The Morgan fingerprint density at radius 3 is 2.44 bits per heavy atom. The first-order chi connectivity index (χ1) is 8.70. The molecule has 0 saturated carbocycles. The molecule has 1 aliphatic rings. The summed E-state index contributed by atoms with van der Waals surface area (Å²) in [4.78, 5) is 14.7. The molecule has 1 fully saturated rings. The summed E-state index contributed by atoms with van der Waals surface area (Å²) in [5.74, 6) is 1.18. The molecule has 0 bridgehead atoms. The Morgan fingerprint density at radius 1 is 1.28 bits per heavy atom. The summed E-state index contributed by atoms with van der Waals surface area (Å²) in [6.45, 7) is 4.97. The molecule has 1 saturated heterocycles. The fourth-order valence-electron chi connectivity index (χ4n) is 2.49. The number of Topliss-reactive ketones (excluding diaryl/α,β-unsaturated/α-hetero) is 1. The van der Waals surface area contributed by atoms with E-state index in [0.29, 0.717) is 11.7 Å². The number of halogens is 1. The van der Waals surface area contributed by atoms with E-state index in [-0.39, 0.29) is 5.92 Å². The Balaban J connectivity index is 1.93. The van der Waals surface area contributed by atoms with Crippen LogP contribution in [0.5, 0.6) is 0 Å². The predicted octanol–water partition coefficient (Wildman–Crippen LogP) is 3.13. The van der Waals surface area contributed by atoms with Gasteiger partial charge in [-0.15, -0.1) is 11.6 Å². The predicted molar refractivity (Wildman–Crippen MR) is 75.4 cm³/mol. The molecule has 0 N–H and O–H groups in total. The largest absolute Gasteiger partial charge is 0.302 e. The van der Waals surface area contributed by atoms with Crippen molar-refractivity contribution in [2.75, 3.05) is 25.5 Å². The third kappa shape index (κ3) is 3.33. The Morgan fingerprint density at radius 2 is 1.89 bits per heavy atom. The monoisotopic (exact) mass is 265 g/mol. The summed E-state index contributed by atoms with van der Waals surface area (Å²) in [7, 11) is 0. The number of carbonyl (C=O) groups is 1. The molecule has 18 heavy (non-hydrogen) atoms. The summed E-state index contributed by atoms with van der Waals surface area (Å²) in [5.41, 5.74) is 2.06. The SMILES string of the molecule is Cc1ccc(C(=O)C2CCN(CCCl)CC2)cc1. The maximum absolute atomic E-state index is 12.3. The van der Waals surface area contributed by atoms with E-state index < -0.39 is 0 Å². The van der Waals surface area contributed by atoms with Crippen LogP contribution >= 0.6 is 11.6 Å². The maximum Gasteiger partial charge on any atom is 0.166 e. The van der Waals surface area contributed by atoms with Gasteiger partial charge in [-0.05, 0) is 32.9 Å². The van der Waals surface area contributed by atoms with Crippen molar-refractivity contribution >= 4 is 17.4 Å².